The smallest absolute Gasteiger partial charge is 0.339 e. The summed E-state index contributed by atoms with van der Waals surface area (Å²) in [6.45, 7) is 1.60. The molecule has 2 aliphatic heterocycles. The zero-order valence-electron chi connectivity index (χ0n) is 11.3. The van der Waals surface area contributed by atoms with Crippen molar-refractivity contribution in [2.24, 2.45) is 11.8 Å². The molecule has 1 saturated carbocycles. The molecule has 0 radical (unpaired) electrons. The maximum absolute atomic E-state index is 12.5. The van der Waals surface area contributed by atoms with Gasteiger partial charge in [-0.2, -0.15) is 0 Å². The molecule has 0 N–H and O–H groups in total. The summed E-state index contributed by atoms with van der Waals surface area (Å²) in [5.74, 6) is -2.16. The highest BCUT2D eigenvalue weighted by Gasteiger charge is 2.53. The molecule has 0 aromatic rings. The standard InChI is InChI=1S/C15H16O5/c1-9-6-15(20-14(9)18)13(17)12(8-19-15)11-4-2-10(7-16)3-5-11/h6-8,10-11H,2-5H2,1H3/t10?,11?,15-/m0/s1. The second-order valence-corrected chi connectivity index (χ2v) is 5.65. The van der Waals surface area contributed by atoms with E-state index in [0.29, 0.717) is 11.1 Å². The molecule has 3 aliphatic rings. The molecule has 5 heteroatoms. The summed E-state index contributed by atoms with van der Waals surface area (Å²) >= 11 is 0. The number of hydrogen-bond donors (Lipinski definition) is 0. The van der Waals surface area contributed by atoms with E-state index in [1.54, 1.807) is 6.92 Å². The Bertz CT molecular complexity index is 536. The van der Waals surface area contributed by atoms with Crippen LogP contribution < -0.4 is 0 Å². The highest BCUT2D eigenvalue weighted by Crippen LogP contribution is 2.41. The lowest BCUT2D eigenvalue weighted by Gasteiger charge is -2.26. The molecule has 5 nitrogen and oxygen atoms in total. The fourth-order valence-electron chi connectivity index (χ4n) is 3.07. The van der Waals surface area contributed by atoms with Crippen molar-refractivity contribution >= 4 is 18.0 Å². The van der Waals surface area contributed by atoms with Gasteiger partial charge in [-0.1, -0.05) is 0 Å². The Kier molecular flexibility index (Phi) is 3.00. The van der Waals surface area contributed by atoms with Crippen LogP contribution in [0.3, 0.4) is 0 Å². The molecule has 1 atom stereocenters. The van der Waals surface area contributed by atoms with Gasteiger partial charge in [-0.15, -0.1) is 0 Å². The van der Waals surface area contributed by atoms with Gasteiger partial charge in [-0.3, -0.25) is 4.79 Å². The van der Waals surface area contributed by atoms with E-state index < -0.39 is 11.8 Å². The van der Waals surface area contributed by atoms with E-state index in [2.05, 4.69) is 0 Å². The van der Waals surface area contributed by atoms with Gasteiger partial charge < -0.3 is 14.3 Å². The first-order chi connectivity index (χ1) is 9.55. The van der Waals surface area contributed by atoms with Crippen LogP contribution in [0.2, 0.25) is 0 Å². The van der Waals surface area contributed by atoms with Crippen LogP contribution in [-0.4, -0.2) is 23.8 Å². The van der Waals surface area contributed by atoms with Crippen molar-refractivity contribution in [3.63, 3.8) is 0 Å². The van der Waals surface area contributed by atoms with E-state index in [9.17, 15) is 14.4 Å². The van der Waals surface area contributed by atoms with Crippen molar-refractivity contribution in [1.82, 2.24) is 0 Å². The minimum Gasteiger partial charge on any atom is -0.450 e. The van der Waals surface area contributed by atoms with E-state index in [4.69, 9.17) is 9.47 Å². The van der Waals surface area contributed by atoms with Crippen LogP contribution in [0.25, 0.3) is 0 Å². The van der Waals surface area contributed by atoms with Crippen molar-refractivity contribution < 1.29 is 23.9 Å². The minimum absolute atomic E-state index is 0.0890. The lowest BCUT2D eigenvalue weighted by atomic mass is 9.78. The predicted molar refractivity (Wildman–Crippen MR) is 68.3 cm³/mol. The third-order valence-electron chi connectivity index (χ3n) is 4.32. The second kappa shape index (κ2) is 4.58. The fraction of sp³-hybridized carbons (Fsp3) is 0.533. The van der Waals surface area contributed by atoms with E-state index in [1.165, 1.54) is 12.3 Å². The van der Waals surface area contributed by atoms with Crippen LogP contribution in [0, 0.1) is 11.8 Å². The molecule has 0 bridgehead atoms. The normalized spacial score (nSPS) is 36.5. The van der Waals surface area contributed by atoms with Gasteiger partial charge in [0.15, 0.2) is 0 Å². The predicted octanol–water partition coefficient (Wildman–Crippen LogP) is 1.67. The van der Waals surface area contributed by atoms with Crippen molar-refractivity contribution in [2.75, 3.05) is 0 Å². The molecule has 1 aliphatic carbocycles. The van der Waals surface area contributed by atoms with Gasteiger partial charge in [0.05, 0.1) is 6.26 Å². The van der Waals surface area contributed by atoms with Crippen LogP contribution in [0.4, 0.5) is 0 Å². The second-order valence-electron chi connectivity index (χ2n) is 5.65. The van der Waals surface area contributed by atoms with E-state index in [-0.39, 0.29) is 17.6 Å². The van der Waals surface area contributed by atoms with Gasteiger partial charge in [0.1, 0.15) is 6.29 Å². The van der Waals surface area contributed by atoms with Crippen LogP contribution in [0.1, 0.15) is 32.6 Å². The van der Waals surface area contributed by atoms with Crippen molar-refractivity contribution in [3.8, 4) is 0 Å². The molecule has 0 saturated heterocycles. The van der Waals surface area contributed by atoms with E-state index >= 15 is 0 Å². The Morgan fingerprint density at radius 1 is 1.25 bits per heavy atom. The Morgan fingerprint density at radius 3 is 2.50 bits per heavy atom. The molecule has 2 heterocycles. The maximum atomic E-state index is 12.5. The Morgan fingerprint density at radius 2 is 1.95 bits per heavy atom. The van der Waals surface area contributed by atoms with Gasteiger partial charge in [0.2, 0.25) is 0 Å². The minimum atomic E-state index is -1.56. The number of Topliss-reactive ketones (excluding diaryl/α,β-unsaturated/α-hetero) is 1. The van der Waals surface area contributed by atoms with Crippen molar-refractivity contribution in [1.29, 1.82) is 0 Å². The molecule has 0 aromatic carbocycles. The summed E-state index contributed by atoms with van der Waals surface area (Å²) < 4.78 is 10.5. The third-order valence-corrected chi connectivity index (χ3v) is 4.32. The van der Waals surface area contributed by atoms with Crippen LogP contribution in [-0.2, 0) is 23.9 Å². The summed E-state index contributed by atoms with van der Waals surface area (Å²) in [7, 11) is 0. The number of ether oxygens (including phenoxy) is 2. The average molecular weight is 276 g/mol. The molecule has 3 rings (SSSR count). The Balaban J connectivity index is 1.74. The SMILES string of the molecule is CC1=C[C@]2(OC=C(C3CCC(C=O)CC3)C2=O)OC1=O. The van der Waals surface area contributed by atoms with Crippen molar-refractivity contribution in [2.45, 2.75) is 38.4 Å². The van der Waals surface area contributed by atoms with Crippen molar-refractivity contribution in [3.05, 3.63) is 23.5 Å². The summed E-state index contributed by atoms with van der Waals surface area (Å²) in [5.41, 5.74) is 0.964. The lowest BCUT2D eigenvalue weighted by molar-refractivity contribution is -0.181. The monoisotopic (exact) mass is 276 g/mol. The zero-order valence-corrected chi connectivity index (χ0v) is 11.3. The van der Waals surface area contributed by atoms with Crippen LogP contribution in [0.15, 0.2) is 23.5 Å². The lowest BCUT2D eigenvalue weighted by Crippen LogP contribution is -2.37. The number of ketones is 1. The number of esters is 1. The Labute approximate surface area is 116 Å². The van der Waals surface area contributed by atoms with Crippen LogP contribution >= 0.6 is 0 Å². The molecule has 1 fully saturated rings. The Hall–Kier alpha value is -1.91. The summed E-state index contributed by atoms with van der Waals surface area (Å²) in [5, 5.41) is 0. The molecular weight excluding hydrogens is 260 g/mol. The first kappa shape index (κ1) is 13.1. The number of carbonyl (C=O) groups excluding carboxylic acids is 3. The summed E-state index contributed by atoms with van der Waals surface area (Å²) in [6, 6.07) is 0. The van der Waals surface area contributed by atoms with Gasteiger partial charge in [-0.25, -0.2) is 4.79 Å². The number of aldehydes is 1. The molecule has 0 unspecified atom stereocenters. The molecule has 20 heavy (non-hydrogen) atoms. The average Bonchev–Trinajstić information content (AvgIpc) is 2.92. The zero-order chi connectivity index (χ0) is 14.3. The highest BCUT2D eigenvalue weighted by molar-refractivity contribution is 6.08. The first-order valence-corrected chi connectivity index (χ1v) is 6.86. The quantitative estimate of drug-likeness (QED) is 0.567. The van der Waals surface area contributed by atoms with Gasteiger partial charge >= 0.3 is 11.8 Å². The number of rotatable bonds is 2. The summed E-state index contributed by atoms with van der Waals surface area (Å²) in [6.07, 6.45) is 7.02. The third kappa shape index (κ3) is 1.88. The first-order valence-electron chi connectivity index (χ1n) is 6.86. The number of carbonyl (C=O) groups is 3. The summed E-state index contributed by atoms with van der Waals surface area (Å²) in [4.78, 5) is 34.7. The molecule has 0 aromatic heterocycles. The molecule has 106 valence electrons. The fourth-order valence-corrected chi connectivity index (χ4v) is 3.07. The number of hydrogen-bond acceptors (Lipinski definition) is 5. The van der Waals surface area contributed by atoms with Gasteiger partial charge in [0, 0.05) is 23.1 Å². The largest absolute Gasteiger partial charge is 0.450 e. The van der Waals surface area contributed by atoms with E-state index in [0.717, 1.165) is 32.0 Å². The molecule has 0 amide bonds. The topological polar surface area (TPSA) is 69.7 Å². The van der Waals surface area contributed by atoms with Gasteiger partial charge in [-0.05, 0) is 38.5 Å². The highest BCUT2D eigenvalue weighted by atomic mass is 16.7. The van der Waals surface area contributed by atoms with Gasteiger partial charge in [0.25, 0.3) is 5.78 Å². The maximum Gasteiger partial charge on any atom is 0.339 e. The van der Waals surface area contributed by atoms with E-state index in [1.807, 2.05) is 0 Å². The van der Waals surface area contributed by atoms with Crippen LogP contribution in [0.5, 0.6) is 0 Å². The molecule has 1 spiro atoms. The molecular formula is C15H16O5.